The highest BCUT2D eigenvalue weighted by Crippen LogP contribution is 2.23. The number of nitrogens with two attached hydrogens (primary N) is 1. The Morgan fingerprint density at radius 3 is 2.54 bits per heavy atom. The van der Waals surface area contributed by atoms with Gasteiger partial charge >= 0.3 is 10.4 Å². The summed E-state index contributed by atoms with van der Waals surface area (Å²) in [7, 11) is -8.27. The van der Waals surface area contributed by atoms with E-state index in [-0.39, 0.29) is 23.9 Å². The second kappa shape index (κ2) is 7.25. The Bertz CT molecular complexity index is 906. The molecule has 132 valence electrons. The van der Waals surface area contributed by atoms with Crippen molar-refractivity contribution in [3.05, 3.63) is 30.1 Å². The number of aryl methyl sites for hydroxylation is 1. The van der Waals surface area contributed by atoms with E-state index >= 15 is 0 Å². The Balaban J connectivity index is 1.94. The van der Waals surface area contributed by atoms with Crippen LogP contribution in [0.25, 0.3) is 11.5 Å². The number of nitrogens with zero attached hydrogens (tertiary/aromatic N) is 2. The highest BCUT2D eigenvalue weighted by molar-refractivity contribution is 7.91. The third-order valence-electron chi connectivity index (χ3n) is 2.92. The Morgan fingerprint density at radius 1 is 1.17 bits per heavy atom. The number of rotatable bonds is 8. The van der Waals surface area contributed by atoms with Gasteiger partial charge in [0.2, 0.25) is 0 Å². The van der Waals surface area contributed by atoms with Crippen molar-refractivity contribution in [2.45, 2.75) is 6.42 Å². The lowest BCUT2D eigenvalue weighted by atomic mass is 10.2. The van der Waals surface area contributed by atoms with E-state index in [9.17, 15) is 16.8 Å². The van der Waals surface area contributed by atoms with Gasteiger partial charge in [-0.3, -0.25) is 4.55 Å². The van der Waals surface area contributed by atoms with E-state index in [2.05, 4.69) is 14.3 Å². The summed E-state index contributed by atoms with van der Waals surface area (Å²) in [5, 5.41) is 3.68. The lowest BCUT2D eigenvalue weighted by Crippen LogP contribution is -2.19. The number of aromatic nitrogens is 2. The van der Waals surface area contributed by atoms with Crippen LogP contribution in [0.1, 0.15) is 5.82 Å². The van der Waals surface area contributed by atoms with Crippen LogP contribution in [0.2, 0.25) is 0 Å². The number of nitrogen functional groups attached to an aromatic ring is 1. The van der Waals surface area contributed by atoms with Crippen LogP contribution in [0, 0.1) is 0 Å². The molecule has 1 heterocycles. The summed E-state index contributed by atoms with van der Waals surface area (Å²) in [5.74, 6) is -0.545. The van der Waals surface area contributed by atoms with Crippen molar-refractivity contribution in [1.29, 1.82) is 0 Å². The lowest BCUT2D eigenvalue weighted by molar-refractivity contribution is 0.284. The molecule has 12 heteroatoms. The fourth-order valence-electron chi connectivity index (χ4n) is 1.77. The molecule has 0 saturated heterocycles. The van der Waals surface area contributed by atoms with Crippen LogP contribution in [0.3, 0.4) is 0 Å². The van der Waals surface area contributed by atoms with Gasteiger partial charge in [0.05, 0.1) is 23.7 Å². The van der Waals surface area contributed by atoms with E-state index in [0.717, 1.165) is 0 Å². The molecule has 0 spiro atoms. The quantitative estimate of drug-likeness (QED) is 0.476. The topological polar surface area (TPSA) is 163 Å². The van der Waals surface area contributed by atoms with Gasteiger partial charge in [0.15, 0.2) is 15.7 Å². The highest BCUT2D eigenvalue weighted by Gasteiger charge is 2.17. The fourth-order valence-corrected chi connectivity index (χ4v) is 3.21. The summed E-state index contributed by atoms with van der Waals surface area (Å²) in [6.45, 7) is -0.667. The molecule has 1 aromatic heterocycles. The Morgan fingerprint density at radius 2 is 1.88 bits per heavy atom. The largest absolute Gasteiger partial charge is 0.398 e. The predicted molar refractivity (Wildman–Crippen MR) is 84.0 cm³/mol. The van der Waals surface area contributed by atoms with E-state index < -0.39 is 32.6 Å². The molecule has 0 aliphatic rings. The molecule has 0 aliphatic carbocycles. The first kappa shape index (κ1) is 18.3. The molecule has 0 bridgehead atoms. The van der Waals surface area contributed by atoms with Crippen molar-refractivity contribution in [2.24, 2.45) is 0 Å². The molecule has 1 aromatic carbocycles. The monoisotopic (exact) mass is 377 g/mol. The maximum Gasteiger partial charge on any atom is 0.397 e. The average Bonchev–Trinajstić information content (AvgIpc) is 2.93. The first-order chi connectivity index (χ1) is 11.2. The van der Waals surface area contributed by atoms with Gasteiger partial charge in [-0.05, 0) is 12.1 Å². The van der Waals surface area contributed by atoms with Crippen molar-refractivity contribution >= 4 is 25.9 Å². The molecule has 0 atom stereocenters. The van der Waals surface area contributed by atoms with E-state index in [4.69, 9.17) is 14.8 Å². The van der Waals surface area contributed by atoms with Crippen LogP contribution in [0.15, 0.2) is 28.8 Å². The van der Waals surface area contributed by atoms with Crippen molar-refractivity contribution in [2.75, 3.05) is 23.8 Å². The van der Waals surface area contributed by atoms with Crippen LogP contribution in [-0.4, -0.2) is 49.6 Å². The number of benzene rings is 1. The second-order valence-electron chi connectivity index (χ2n) is 4.75. The second-order valence-corrected chi connectivity index (χ2v) is 8.15. The van der Waals surface area contributed by atoms with Crippen LogP contribution < -0.4 is 5.73 Å². The van der Waals surface area contributed by atoms with E-state index in [1.807, 2.05) is 0 Å². The number of para-hydroxylation sites is 1. The van der Waals surface area contributed by atoms with Gasteiger partial charge in [-0.1, -0.05) is 17.3 Å². The van der Waals surface area contributed by atoms with E-state index in [0.29, 0.717) is 11.3 Å². The maximum absolute atomic E-state index is 11.8. The van der Waals surface area contributed by atoms with Gasteiger partial charge in [0.25, 0.3) is 5.89 Å². The predicted octanol–water partition coefficient (Wildman–Crippen LogP) is 0.0955. The molecule has 0 saturated carbocycles. The van der Waals surface area contributed by atoms with Gasteiger partial charge in [0.1, 0.15) is 0 Å². The Kier molecular flexibility index (Phi) is 5.54. The summed E-state index contributed by atoms with van der Waals surface area (Å²) >= 11 is 0. The molecule has 0 fully saturated rings. The molecule has 3 N–H and O–H groups in total. The SMILES string of the molecule is Nc1ccccc1-c1nc(CCS(=O)(=O)CCOS(=O)(=O)O)no1. The standard InChI is InChI=1S/C12H15N3O7S2/c13-10-4-2-1-3-9(10)12-14-11(15-22-12)5-7-23(16,17)8-6-21-24(18,19)20/h1-4H,5-8,13H2,(H,18,19,20). The Labute approximate surface area is 138 Å². The van der Waals surface area contributed by atoms with E-state index in [1.165, 1.54) is 0 Å². The van der Waals surface area contributed by atoms with Gasteiger partial charge in [0, 0.05) is 12.1 Å². The summed E-state index contributed by atoms with van der Waals surface area (Å²) in [6, 6.07) is 6.85. The summed E-state index contributed by atoms with van der Waals surface area (Å²) in [4.78, 5) is 4.07. The summed E-state index contributed by atoms with van der Waals surface area (Å²) in [6.07, 6.45) is -0.0234. The minimum Gasteiger partial charge on any atom is -0.398 e. The zero-order valence-corrected chi connectivity index (χ0v) is 14.0. The first-order valence-corrected chi connectivity index (χ1v) is 9.85. The molecular weight excluding hydrogens is 362 g/mol. The van der Waals surface area contributed by atoms with Crippen molar-refractivity contribution in [1.82, 2.24) is 10.1 Å². The molecule has 24 heavy (non-hydrogen) atoms. The normalized spacial score (nSPS) is 12.4. The average molecular weight is 377 g/mol. The highest BCUT2D eigenvalue weighted by atomic mass is 32.3. The number of hydrogen-bond donors (Lipinski definition) is 2. The van der Waals surface area contributed by atoms with Gasteiger partial charge in [-0.25, -0.2) is 12.6 Å². The molecule has 2 rings (SSSR count). The fraction of sp³-hybridized carbons (Fsp3) is 0.333. The molecular formula is C12H15N3O7S2. The smallest absolute Gasteiger partial charge is 0.397 e. The maximum atomic E-state index is 11.8. The van der Waals surface area contributed by atoms with Gasteiger partial charge < -0.3 is 10.3 Å². The van der Waals surface area contributed by atoms with E-state index in [1.54, 1.807) is 24.3 Å². The molecule has 10 nitrogen and oxygen atoms in total. The van der Waals surface area contributed by atoms with Crippen molar-refractivity contribution in [3.8, 4) is 11.5 Å². The minimum absolute atomic E-state index is 0.0234. The summed E-state index contributed by atoms with van der Waals surface area (Å²) < 4.78 is 61.6. The van der Waals surface area contributed by atoms with Crippen LogP contribution in [0.5, 0.6) is 0 Å². The zero-order valence-electron chi connectivity index (χ0n) is 12.3. The third-order valence-corrected chi connectivity index (χ3v) is 5.00. The molecule has 0 amide bonds. The minimum atomic E-state index is -4.66. The van der Waals surface area contributed by atoms with Crippen LogP contribution in [0.4, 0.5) is 5.69 Å². The third kappa shape index (κ3) is 5.56. The number of hydrogen-bond acceptors (Lipinski definition) is 9. The van der Waals surface area contributed by atoms with Crippen molar-refractivity contribution < 1.29 is 30.1 Å². The Hall–Kier alpha value is -2.02. The molecule has 0 aliphatic heterocycles. The lowest BCUT2D eigenvalue weighted by Gasteiger charge is -2.02. The molecule has 0 radical (unpaired) electrons. The number of anilines is 1. The van der Waals surface area contributed by atoms with Crippen LogP contribution in [-0.2, 0) is 30.8 Å². The van der Waals surface area contributed by atoms with Crippen LogP contribution >= 0.6 is 0 Å². The summed E-state index contributed by atoms with van der Waals surface area (Å²) in [5.41, 5.74) is 6.78. The molecule has 0 unspecified atom stereocenters. The zero-order chi connectivity index (χ0) is 17.8. The molecule has 2 aromatic rings. The van der Waals surface area contributed by atoms with Gasteiger partial charge in [-0.15, -0.1) is 0 Å². The van der Waals surface area contributed by atoms with Crippen molar-refractivity contribution in [3.63, 3.8) is 0 Å². The first-order valence-electron chi connectivity index (χ1n) is 6.66. The van der Waals surface area contributed by atoms with Gasteiger partial charge in [-0.2, -0.15) is 13.4 Å². The number of sulfone groups is 1.